The molecule has 0 aliphatic carbocycles. The molecule has 0 bridgehead atoms. The number of ether oxygens (including phenoxy) is 2. The van der Waals surface area contributed by atoms with Crippen molar-refractivity contribution in [1.82, 2.24) is 10.2 Å². The van der Waals surface area contributed by atoms with Crippen molar-refractivity contribution in [1.29, 1.82) is 0 Å². The predicted molar refractivity (Wildman–Crippen MR) is 99.6 cm³/mol. The van der Waals surface area contributed by atoms with Gasteiger partial charge in [-0.05, 0) is 37.1 Å². The number of nitrogens with zero attached hydrogens (tertiary/aromatic N) is 1. The highest BCUT2D eigenvalue weighted by Crippen LogP contribution is 2.33. The maximum Gasteiger partial charge on any atom is 0.255 e. The minimum absolute atomic E-state index is 0.0982. The fourth-order valence-electron chi connectivity index (χ4n) is 3.71. The SMILES string of the molecule is O=C(NCC1CCCN1Cc1ccccc1)c1cccc2c1OCCO2. The van der Waals surface area contributed by atoms with E-state index in [1.54, 1.807) is 6.07 Å². The van der Waals surface area contributed by atoms with Gasteiger partial charge in [0.25, 0.3) is 5.91 Å². The first-order chi connectivity index (χ1) is 12.8. The van der Waals surface area contributed by atoms with Gasteiger partial charge in [-0.25, -0.2) is 0 Å². The molecule has 1 N–H and O–H groups in total. The van der Waals surface area contributed by atoms with Gasteiger partial charge in [0.15, 0.2) is 11.5 Å². The summed E-state index contributed by atoms with van der Waals surface area (Å²) in [6.07, 6.45) is 2.28. The van der Waals surface area contributed by atoms with E-state index in [9.17, 15) is 4.79 Å². The maximum absolute atomic E-state index is 12.7. The Morgan fingerprint density at radius 3 is 2.81 bits per heavy atom. The Hall–Kier alpha value is -2.53. The molecular formula is C21H24N2O3. The van der Waals surface area contributed by atoms with E-state index >= 15 is 0 Å². The lowest BCUT2D eigenvalue weighted by molar-refractivity contribution is 0.0929. The van der Waals surface area contributed by atoms with E-state index in [4.69, 9.17) is 9.47 Å². The van der Waals surface area contributed by atoms with Crippen molar-refractivity contribution in [3.05, 3.63) is 59.7 Å². The van der Waals surface area contributed by atoms with Gasteiger partial charge in [0, 0.05) is 19.1 Å². The molecule has 1 unspecified atom stereocenters. The lowest BCUT2D eigenvalue weighted by atomic mass is 10.1. The molecule has 26 heavy (non-hydrogen) atoms. The molecule has 4 rings (SSSR count). The number of hydrogen-bond acceptors (Lipinski definition) is 4. The third-order valence-electron chi connectivity index (χ3n) is 5.04. The third-order valence-corrected chi connectivity index (χ3v) is 5.04. The molecule has 136 valence electrons. The summed E-state index contributed by atoms with van der Waals surface area (Å²) in [6, 6.07) is 16.3. The zero-order valence-electron chi connectivity index (χ0n) is 14.8. The summed E-state index contributed by atoms with van der Waals surface area (Å²) in [5, 5.41) is 3.09. The second-order valence-corrected chi connectivity index (χ2v) is 6.79. The van der Waals surface area contributed by atoms with E-state index in [-0.39, 0.29) is 5.91 Å². The minimum Gasteiger partial charge on any atom is -0.486 e. The van der Waals surface area contributed by atoms with Crippen LogP contribution in [0.3, 0.4) is 0 Å². The van der Waals surface area contributed by atoms with Gasteiger partial charge in [-0.2, -0.15) is 0 Å². The Bertz CT molecular complexity index is 763. The molecule has 0 radical (unpaired) electrons. The van der Waals surface area contributed by atoms with Crippen LogP contribution in [0.1, 0.15) is 28.8 Å². The van der Waals surface area contributed by atoms with Crippen LogP contribution in [0, 0.1) is 0 Å². The van der Waals surface area contributed by atoms with Crippen LogP contribution in [0.25, 0.3) is 0 Å². The average molecular weight is 352 g/mol. The van der Waals surface area contributed by atoms with Gasteiger partial charge < -0.3 is 14.8 Å². The van der Waals surface area contributed by atoms with E-state index in [0.29, 0.717) is 42.9 Å². The van der Waals surface area contributed by atoms with E-state index in [2.05, 4.69) is 34.5 Å². The largest absolute Gasteiger partial charge is 0.486 e. The molecule has 2 heterocycles. The van der Waals surface area contributed by atoms with Gasteiger partial charge in [-0.1, -0.05) is 36.4 Å². The highest BCUT2D eigenvalue weighted by molar-refractivity contribution is 5.97. The number of hydrogen-bond donors (Lipinski definition) is 1. The van der Waals surface area contributed by atoms with Gasteiger partial charge in [0.2, 0.25) is 0 Å². The normalized spacial score (nSPS) is 19.3. The molecule has 1 saturated heterocycles. The number of rotatable bonds is 5. The van der Waals surface area contributed by atoms with E-state index in [1.807, 2.05) is 18.2 Å². The number of carbonyl (C=O) groups is 1. The molecule has 1 fully saturated rings. The first-order valence-electron chi connectivity index (χ1n) is 9.26. The molecule has 2 aromatic carbocycles. The summed E-state index contributed by atoms with van der Waals surface area (Å²) in [5.74, 6) is 1.11. The maximum atomic E-state index is 12.7. The number of benzene rings is 2. The predicted octanol–water partition coefficient (Wildman–Crippen LogP) is 2.85. The second-order valence-electron chi connectivity index (χ2n) is 6.79. The number of amides is 1. The molecule has 1 amide bonds. The number of para-hydroxylation sites is 1. The van der Waals surface area contributed by atoms with Gasteiger partial charge in [0.05, 0.1) is 5.56 Å². The lowest BCUT2D eigenvalue weighted by Crippen LogP contribution is -2.40. The molecule has 5 nitrogen and oxygen atoms in total. The van der Waals surface area contributed by atoms with Gasteiger partial charge in [0.1, 0.15) is 13.2 Å². The standard InChI is InChI=1S/C21H24N2O3/c24-21(18-9-4-10-19-20(18)26-13-12-25-19)22-14-17-8-5-11-23(17)15-16-6-2-1-3-7-16/h1-4,6-7,9-10,17H,5,8,11-15H2,(H,22,24). The molecule has 0 aromatic heterocycles. The Morgan fingerprint density at radius 2 is 1.92 bits per heavy atom. The van der Waals surface area contributed by atoms with Crippen LogP contribution in [-0.2, 0) is 6.54 Å². The third kappa shape index (κ3) is 3.68. The van der Waals surface area contributed by atoms with Gasteiger partial charge >= 0.3 is 0 Å². The van der Waals surface area contributed by atoms with Crippen LogP contribution in [0.5, 0.6) is 11.5 Å². The zero-order chi connectivity index (χ0) is 17.8. The summed E-state index contributed by atoms with van der Waals surface area (Å²) in [7, 11) is 0. The van der Waals surface area contributed by atoms with E-state index in [1.165, 1.54) is 12.0 Å². The van der Waals surface area contributed by atoms with Crippen molar-refractivity contribution >= 4 is 5.91 Å². The lowest BCUT2D eigenvalue weighted by Gasteiger charge is -2.25. The van der Waals surface area contributed by atoms with Crippen molar-refractivity contribution in [3.63, 3.8) is 0 Å². The molecule has 5 heteroatoms. The monoisotopic (exact) mass is 352 g/mol. The molecule has 2 aromatic rings. The summed E-state index contributed by atoms with van der Waals surface area (Å²) >= 11 is 0. The smallest absolute Gasteiger partial charge is 0.255 e. The molecule has 1 atom stereocenters. The van der Waals surface area contributed by atoms with Crippen molar-refractivity contribution in [2.45, 2.75) is 25.4 Å². The van der Waals surface area contributed by atoms with E-state index in [0.717, 1.165) is 19.5 Å². The molecule has 0 spiro atoms. The van der Waals surface area contributed by atoms with Crippen LogP contribution in [-0.4, -0.2) is 43.2 Å². The molecular weight excluding hydrogens is 328 g/mol. The van der Waals surface area contributed by atoms with Crippen LogP contribution < -0.4 is 14.8 Å². The molecule has 0 saturated carbocycles. The van der Waals surface area contributed by atoms with Gasteiger partial charge in [-0.15, -0.1) is 0 Å². The first-order valence-corrected chi connectivity index (χ1v) is 9.26. The molecule has 2 aliphatic rings. The second kappa shape index (κ2) is 7.79. The summed E-state index contributed by atoms with van der Waals surface area (Å²) in [6.45, 7) is 3.65. The Balaban J connectivity index is 1.38. The summed E-state index contributed by atoms with van der Waals surface area (Å²) in [4.78, 5) is 15.1. The summed E-state index contributed by atoms with van der Waals surface area (Å²) in [5.41, 5.74) is 1.86. The van der Waals surface area contributed by atoms with Crippen molar-refractivity contribution in [3.8, 4) is 11.5 Å². The summed E-state index contributed by atoms with van der Waals surface area (Å²) < 4.78 is 11.2. The number of nitrogens with one attached hydrogen (secondary N) is 1. The fourth-order valence-corrected chi connectivity index (χ4v) is 3.71. The fraction of sp³-hybridized carbons (Fsp3) is 0.381. The Morgan fingerprint density at radius 1 is 1.08 bits per heavy atom. The highest BCUT2D eigenvalue weighted by atomic mass is 16.6. The quantitative estimate of drug-likeness (QED) is 0.899. The van der Waals surface area contributed by atoms with Crippen molar-refractivity contribution < 1.29 is 14.3 Å². The minimum atomic E-state index is -0.0982. The average Bonchev–Trinajstić information content (AvgIpc) is 3.13. The Labute approximate surface area is 153 Å². The zero-order valence-corrected chi connectivity index (χ0v) is 14.8. The van der Waals surface area contributed by atoms with Crippen molar-refractivity contribution in [2.24, 2.45) is 0 Å². The number of carbonyl (C=O) groups excluding carboxylic acids is 1. The van der Waals surface area contributed by atoms with Crippen LogP contribution in [0.4, 0.5) is 0 Å². The van der Waals surface area contributed by atoms with Crippen molar-refractivity contribution in [2.75, 3.05) is 26.3 Å². The number of likely N-dealkylation sites (tertiary alicyclic amines) is 1. The van der Waals surface area contributed by atoms with Crippen LogP contribution in [0.15, 0.2) is 48.5 Å². The van der Waals surface area contributed by atoms with Gasteiger partial charge in [-0.3, -0.25) is 9.69 Å². The van der Waals surface area contributed by atoms with E-state index < -0.39 is 0 Å². The number of fused-ring (bicyclic) bond motifs is 1. The first kappa shape index (κ1) is 16.9. The van der Waals surface area contributed by atoms with Crippen LogP contribution in [0.2, 0.25) is 0 Å². The Kier molecular flexibility index (Phi) is 5.07. The van der Waals surface area contributed by atoms with Crippen LogP contribution >= 0.6 is 0 Å². The molecule has 2 aliphatic heterocycles. The highest BCUT2D eigenvalue weighted by Gasteiger charge is 2.26. The topological polar surface area (TPSA) is 50.8 Å².